The predicted octanol–water partition coefficient (Wildman–Crippen LogP) is 2.27. The summed E-state index contributed by atoms with van der Waals surface area (Å²) in [5, 5.41) is 14.7. The summed E-state index contributed by atoms with van der Waals surface area (Å²) in [5.74, 6) is -0.132. The van der Waals surface area contributed by atoms with Crippen LogP contribution in [0.5, 0.6) is 0 Å². The highest BCUT2D eigenvalue weighted by Crippen LogP contribution is 2.30. The molecule has 21 heavy (non-hydrogen) atoms. The molecule has 0 spiro atoms. The van der Waals surface area contributed by atoms with E-state index in [2.05, 4.69) is 25.8 Å². The first kappa shape index (κ1) is 13.9. The van der Waals surface area contributed by atoms with Crippen molar-refractivity contribution in [3.8, 4) is 0 Å². The van der Waals surface area contributed by atoms with Gasteiger partial charge in [0.1, 0.15) is 6.33 Å². The zero-order chi connectivity index (χ0) is 14.8. The summed E-state index contributed by atoms with van der Waals surface area (Å²) < 4.78 is 2.49. The van der Waals surface area contributed by atoms with Crippen molar-refractivity contribution < 1.29 is 4.79 Å². The molecule has 0 aliphatic rings. The number of anilines is 1. The molecule has 0 bridgehead atoms. The number of nitrogens with one attached hydrogen (secondary N) is 1. The zero-order valence-electron chi connectivity index (χ0n) is 11.1. The fourth-order valence-corrected chi connectivity index (χ4v) is 2.90. The maximum Gasteiger partial charge on any atom is 0.228 e. The molecule has 0 aliphatic carbocycles. The Hall–Kier alpha value is -2.06. The van der Waals surface area contributed by atoms with Crippen LogP contribution in [0.4, 0.5) is 5.13 Å². The van der Waals surface area contributed by atoms with Gasteiger partial charge in [0.05, 0.1) is 16.8 Å². The van der Waals surface area contributed by atoms with Gasteiger partial charge in [-0.2, -0.15) is 0 Å². The molecule has 0 fully saturated rings. The molecule has 9 heteroatoms. The number of tetrazole rings is 1. The number of halogens is 1. The number of thiazole rings is 1. The van der Waals surface area contributed by atoms with Gasteiger partial charge >= 0.3 is 0 Å². The number of rotatable bonds is 4. The Balaban J connectivity index is 1.68. The van der Waals surface area contributed by atoms with E-state index in [-0.39, 0.29) is 12.3 Å². The minimum atomic E-state index is -0.132. The molecule has 0 atom stereocenters. The number of hydrogen-bond acceptors (Lipinski definition) is 6. The number of amides is 1. The molecule has 0 saturated heterocycles. The highest BCUT2D eigenvalue weighted by atomic mass is 35.5. The lowest BCUT2D eigenvalue weighted by molar-refractivity contribution is -0.116. The summed E-state index contributed by atoms with van der Waals surface area (Å²) in [6.45, 7) is 2.36. The van der Waals surface area contributed by atoms with E-state index in [1.807, 2.05) is 13.0 Å². The third-order valence-corrected chi connectivity index (χ3v) is 4.22. The van der Waals surface area contributed by atoms with Gasteiger partial charge in [0.25, 0.3) is 0 Å². The maximum absolute atomic E-state index is 11.9. The minimum absolute atomic E-state index is 0.132. The standard InChI is InChI=1S/C12H11ClN6OS/c1-7-4-10-9(5-8(7)13)15-12(21-10)16-11(20)2-3-19-6-14-17-18-19/h4-6H,2-3H2,1H3,(H,15,16,20). The topological polar surface area (TPSA) is 85.6 Å². The van der Waals surface area contributed by atoms with Crippen molar-refractivity contribution in [2.24, 2.45) is 0 Å². The molecule has 0 radical (unpaired) electrons. The van der Waals surface area contributed by atoms with E-state index in [9.17, 15) is 4.79 Å². The molecular formula is C12H11ClN6OS. The Bertz CT molecular complexity index is 746. The monoisotopic (exact) mass is 322 g/mol. The van der Waals surface area contributed by atoms with E-state index in [1.165, 1.54) is 22.3 Å². The first-order valence-corrected chi connectivity index (χ1v) is 7.38. The van der Waals surface area contributed by atoms with Gasteiger partial charge in [-0.1, -0.05) is 22.9 Å². The van der Waals surface area contributed by atoms with E-state index in [0.29, 0.717) is 16.7 Å². The molecule has 1 aromatic carbocycles. The predicted molar refractivity (Wildman–Crippen MR) is 80.4 cm³/mol. The van der Waals surface area contributed by atoms with E-state index in [0.717, 1.165) is 15.8 Å². The van der Waals surface area contributed by atoms with Gasteiger partial charge in [-0.15, -0.1) is 5.10 Å². The number of aryl methyl sites for hydroxylation is 2. The highest BCUT2D eigenvalue weighted by molar-refractivity contribution is 7.22. The van der Waals surface area contributed by atoms with Crippen molar-refractivity contribution in [3.05, 3.63) is 29.0 Å². The van der Waals surface area contributed by atoms with E-state index in [1.54, 1.807) is 6.07 Å². The largest absolute Gasteiger partial charge is 0.302 e. The van der Waals surface area contributed by atoms with Crippen molar-refractivity contribution in [1.82, 2.24) is 25.2 Å². The van der Waals surface area contributed by atoms with Gasteiger partial charge < -0.3 is 5.32 Å². The lowest BCUT2D eigenvalue weighted by atomic mass is 10.2. The Kier molecular flexibility index (Phi) is 3.80. The number of fused-ring (bicyclic) bond motifs is 1. The molecule has 3 rings (SSSR count). The summed E-state index contributed by atoms with van der Waals surface area (Å²) >= 11 is 7.49. The Morgan fingerprint density at radius 3 is 3.10 bits per heavy atom. The maximum atomic E-state index is 11.9. The molecule has 2 aromatic heterocycles. The lowest BCUT2D eigenvalue weighted by Gasteiger charge is -2.00. The van der Waals surface area contributed by atoms with Gasteiger partial charge in [0, 0.05) is 11.4 Å². The van der Waals surface area contributed by atoms with Crippen LogP contribution in [0.1, 0.15) is 12.0 Å². The Morgan fingerprint density at radius 1 is 1.48 bits per heavy atom. The fourth-order valence-electron chi connectivity index (χ4n) is 1.78. The number of hydrogen-bond donors (Lipinski definition) is 1. The number of nitrogens with zero attached hydrogens (tertiary/aromatic N) is 5. The summed E-state index contributed by atoms with van der Waals surface area (Å²) in [7, 11) is 0. The van der Waals surface area contributed by atoms with Crippen LogP contribution in [0.15, 0.2) is 18.5 Å². The minimum Gasteiger partial charge on any atom is -0.302 e. The van der Waals surface area contributed by atoms with Crippen LogP contribution < -0.4 is 5.32 Å². The molecule has 1 amide bonds. The van der Waals surface area contributed by atoms with Crippen molar-refractivity contribution in [1.29, 1.82) is 0 Å². The van der Waals surface area contributed by atoms with Crippen LogP contribution >= 0.6 is 22.9 Å². The summed E-state index contributed by atoms with van der Waals surface area (Å²) in [4.78, 5) is 16.2. The molecule has 3 aromatic rings. The molecule has 1 N–H and O–H groups in total. The first-order chi connectivity index (χ1) is 10.1. The smallest absolute Gasteiger partial charge is 0.228 e. The van der Waals surface area contributed by atoms with Crippen LogP contribution in [0, 0.1) is 6.92 Å². The molecule has 7 nitrogen and oxygen atoms in total. The Labute approximate surface area is 128 Å². The Morgan fingerprint density at radius 2 is 2.33 bits per heavy atom. The quantitative estimate of drug-likeness (QED) is 0.796. The molecule has 0 unspecified atom stereocenters. The molecule has 0 saturated carbocycles. The van der Waals surface area contributed by atoms with Crippen LogP contribution in [0.25, 0.3) is 10.2 Å². The van der Waals surface area contributed by atoms with Gasteiger partial charge in [-0.05, 0) is 35.0 Å². The van der Waals surface area contributed by atoms with Crippen LogP contribution in [-0.2, 0) is 11.3 Å². The van der Waals surface area contributed by atoms with Crippen LogP contribution in [-0.4, -0.2) is 31.1 Å². The third-order valence-electron chi connectivity index (χ3n) is 2.87. The lowest BCUT2D eigenvalue weighted by Crippen LogP contribution is -2.14. The summed E-state index contributed by atoms with van der Waals surface area (Å²) in [6, 6.07) is 3.77. The molecule has 0 aliphatic heterocycles. The number of carbonyl (C=O) groups is 1. The first-order valence-electron chi connectivity index (χ1n) is 6.19. The summed E-state index contributed by atoms with van der Waals surface area (Å²) in [5.41, 5.74) is 1.77. The summed E-state index contributed by atoms with van der Waals surface area (Å²) in [6.07, 6.45) is 1.75. The van der Waals surface area contributed by atoms with Gasteiger partial charge in [0.15, 0.2) is 5.13 Å². The van der Waals surface area contributed by atoms with Gasteiger partial charge in [-0.3, -0.25) is 4.79 Å². The van der Waals surface area contributed by atoms with Gasteiger partial charge in [-0.25, -0.2) is 9.67 Å². The highest BCUT2D eigenvalue weighted by Gasteiger charge is 2.10. The van der Waals surface area contributed by atoms with Crippen molar-refractivity contribution in [2.45, 2.75) is 19.9 Å². The van der Waals surface area contributed by atoms with E-state index < -0.39 is 0 Å². The second-order valence-electron chi connectivity index (χ2n) is 4.46. The fraction of sp³-hybridized carbons (Fsp3) is 0.250. The second-order valence-corrected chi connectivity index (χ2v) is 5.90. The molecule has 2 heterocycles. The number of aromatic nitrogens is 5. The SMILES string of the molecule is Cc1cc2sc(NC(=O)CCn3cnnn3)nc2cc1Cl. The number of benzene rings is 1. The van der Waals surface area contributed by atoms with E-state index in [4.69, 9.17) is 11.6 Å². The molecular weight excluding hydrogens is 312 g/mol. The van der Waals surface area contributed by atoms with E-state index >= 15 is 0 Å². The van der Waals surface area contributed by atoms with Crippen molar-refractivity contribution >= 4 is 44.2 Å². The van der Waals surface area contributed by atoms with Crippen molar-refractivity contribution in [3.63, 3.8) is 0 Å². The molecule has 108 valence electrons. The van der Waals surface area contributed by atoms with Crippen LogP contribution in [0.2, 0.25) is 5.02 Å². The normalized spacial score (nSPS) is 11.0. The van der Waals surface area contributed by atoms with Crippen molar-refractivity contribution in [2.75, 3.05) is 5.32 Å². The average molecular weight is 323 g/mol. The number of carbonyl (C=O) groups excluding carboxylic acids is 1. The van der Waals surface area contributed by atoms with Crippen LogP contribution in [0.3, 0.4) is 0 Å². The second kappa shape index (κ2) is 5.74. The third kappa shape index (κ3) is 3.17. The zero-order valence-corrected chi connectivity index (χ0v) is 12.6. The average Bonchev–Trinajstić information content (AvgIpc) is 3.06. The van der Waals surface area contributed by atoms with Gasteiger partial charge in [0.2, 0.25) is 5.91 Å².